The van der Waals surface area contributed by atoms with Gasteiger partial charge in [0.2, 0.25) is 0 Å². The Balaban J connectivity index is 2.01. The van der Waals surface area contributed by atoms with E-state index >= 15 is 0 Å². The number of benzene rings is 1. The van der Waals surface area contributed by atoms with Gasteiger partial charge in [0.1, 0.15) is 5.75 Å². The third-order valence-electron chi connectivity index (χ3n) is 3.24. The van der Waals surface area contributed by atoms with Crippen molar-refractivity contribution < 1.29 is 9.26 Å². The van der Waals surface area contributed by atoms with Crippen LogP contribution >= 0.6 is 0 Å². The average molecular weight is 289 g/mol. The summed E-state index contributed by atoms with van der Waals surface area (Å²) in [5.74, 6) is 1.92. The van der Waals surface area contributed by atoms with Gasteiger partial charge in [-0.1, -0.05) is 31.8 Å². The summed E-state index contributed by atoms with van der Waals surface area (Å²) in [6.07, 6.45) is 4.03. The van der Waals surface area contributed by atoms with Crippen LogP contribution in [0.25, 0.3) is 11.5 Å². The van der Waals surface area contributed by atoms with Crippen LogP contribution in [0.2, 0.25) is 0 Å². The van der Waals surface area contributed by atoms with Gasteiger partial charge >= 0.3 is 0 Å². The lowest BCUT2D eigenvalue weighted by Gasteiger charge is -2.05. The number of nitrogens with two attached hydrogens (primary N) is 1. The molecule has 0 saturated heterocycles. The van der Waals surface area contributed by atoms with Crippen LogP contribution in [-0.2, 0) is 0 Å². The standard InChI is InChI=1S/C16H23N3O2/c1-3-5-11-20-13-9-7-12(8-10-13)16-18-15(19-21-16)14(17)6-4-2/h7-10,14H,3-6,11,17H2,1-2H3. The SMILES string of the molecule is CCCCOc1ccc(-c2nc(C(N)CCC)no2)cc1. The molecule has 21 heavy (non-hydrogen) atoms. The summed E-state index contributed by atoms with van der Waals surface area (Å²) in [4.78, 5) is 4.36. The zero-order valence-electron chi connectivity index (χ0n) is 12.7. The Morgan fingerprint density at radius 2 is 1.95 bits per heavy atom. The highest BCUT2D eigenvalue weighted by molar-refractivity contribution is 5.54. The molecule has 1 atom stereocenters. The molecule has 0 aliphatic carbocycles. The molecule has 0 fully saturated rings. The van der Waals surface area contributed by atoms with Crippen LogP contribution < -0.4 is 10.5 Å². The Morgan fingerprint density at radius 3 is 2.62 bits per heavy atom. The molecule has 1 aromatic heterocycles. The second kappa shape index (κ2) is 7.78. The van der Waals surface area contributed by atoms with Crippen LogP contribution in [0.15, 0.2) is 28.8 Å². The van der Waals surface area contributed by atoms with E-state index in [1.165, 1.54) is 0 Å². The fraction of sp³-hybridized carbons (Fsp3) is 0.500. The predicted octanol–water partition coefficient (Wildman–Crippen LogP) is 3.72. The molecule has 1 heterocycles. The van der Waals surface area contributed by atoms with Crippen molar-refractivity contribution in [3.8, 4) is 17.2 Å². The molecule has 2 N–H and O–H groups in total. The zero-order valence-corrected chi connectivity index (χ0v) is 12.7. The highest BCUT2D eigenvalue weighted by Gasteiger charge is 2.14. The average Bonchev–Trinajstić information content (AvgIpc) is 2.98. The van der Waals surface area contributed by atoms with E-state index in [0.29, 0.717) is 11.7 Å². The molecule has 0 aliphatic rings. The van der Waals surface area contributed by atoms with E-state index in [9.17, 15) is 0 Å². The zero-order chi connectivity index (χ0) is 15.1. The van der Waals surface area contributed by atoms with Gasteiger partial charge in [-0.25, -0.2) is 0 Å². The fourth-order valence-electron chi connectivity index (χ4n) is 1.97. The molecule has 1 unspecified atom stereocenters. The maximum absolute atomic E-state index is 5.98. The highest BCUT2D eigenvalue weighted by atomic mass is 16.5. The van der Waals surface area contributed by atoms with Crippen LogP contribution in [0.3, 0.4) is 0 Å². The Bertz CT molecular complexity index is 537. The third kappa shape index (κ3) is 4.29. The normalized spacial score (nSPS) is 12.3. The van der Waals surface area contributed by atoms with Crippen molar-refractivity contribution in [3.05, 3.63) is 30.1 Å². The fourth-order valence-corrected chi connectivity index (χ4v) is 1.97. The molecule has 5 heteroatoms. The molecule has 1 aromatic carbocycles. The van der Waals surface area contributed by atoms with Crippen LogP contribution in [0.4, 0.5) is 0 Å². The Morgan fingerprint density at radius 1 is 1.19 bits per heavy atom. The van der Waals surface area contributed by atoms with E-state index in [1.54, 1.807) is 0 Å². The Hall–Kier alpha value is -1.88. The van der Waals surface area contributed by atoms with Gasteiger partial charge in [0.15, 0.2) is 5.82 Å². The lowest BCUT2D eigenvalue weighted by molar-refractivity contribution is 0.309. The topological polar surface area (TPSA) is 74.2 Å². The molecular formula is C16H23N3O2. The van der Waals surface area contributed by atoms with E-state index in [4.69, 9.17) is 15.0 Å². The predicted molar refractivity (Wildman–Crippen MR) is 82.0 cm³/mol. The van der Waals surface area contributed by atoms with Gasteiger partial charge in [0.05, 0.1) is 12.6 Å². The summed E-state index contributed by atoms with van der Waals surface area (Å²) in [5, 5.41) is 3.95. The molecule has 0 bridgehead atoms. The summed E-state index contributed by atoms with van der Waals surface area (Å²) in [6, 6.07) is 7.51. The second-order valence-corrected chi connectivity index (χ2v) is 5.08. The van der Waals surface area contributed by atoms with E-state index in [2.05, 4.69) is 24.0 Å². The minimum atomic E-state index is -0.163. The molecule has 0 radical (unpaired) electrons. The van der Waals surface area contributed by atoms with Crippen molar-refractivity contribution in [2.45, 2.75) is 45.6 Å². The minimum absolute atomic E-state index is 0.163. The van der Waals surface area contributed by atoms with Gasteiger partial charge < -0.3 is 15.0 Å². The number of unbranched alkanes of at least 4 members (excludes halogenated alkanes) is 1. The number of nitrogens with zero attached hydrogens (tertiary/aromatic N) is 2. The number of ether oxygens (including phenoxy) is 1. The molecule has 0 spiro atoms. The van der Waals surface area contributed by atoms with Gasteiger partial charge in [-0.2, -0.15) is 4.98 Å². The molecule has 2 aromatic rings. The molecule has 114 valence electrons. The number of aromatic nitrogens is 2. The van der Waals surface area contributed by atoms with Crippen molar-refractivity contribution in [1.82, 2.24) is 10.1 Å². The van der Waals surface area contributed by atoms with Crippen molar-refractivity contribution in [2.75, 3.05) is 6.61 Å². The Kier molecular flexibility index (Phi) is 5.75. The van der Waals surface area contributed by atoms with Crippen molar-refractivity contribution >= 4 is 0 Å². The summed E-state index contributed by atoms with van der Waals surface area (Å²) in [7, 11) is 0. The molecule has 0 saturated carbocycles. The second-order valence-electron chi connectivity index (χ2n) is 5.08. The van der Waals surface area contributed by atoms with Gasteiger partial charge in [-0.05, 0) is 37.1 Å². The van der Waals surface area contributed by atoms with Crippen molar-refractivity contribution in [1.29, 1.82) is 0 Å². The molecule has 5 nitrogen and oxygen atoms in total. The van der Waals surface area contributed by atoms with Crippen LogP contribution in [0, 0.1) is 0 Å². The van der Waals surface area contributed by atoms with Crippen LogP contribution in [-0.4, -0.2) is 16.7 Å². The maximum atomic E-state index is 5.98. The number of rotatable bonds is 8. The minimum Gasteiger partial charge on any atom is -0.494 e. The molecular weight excluding hydrogens is 266 g/mol. The number of hydrogen-bond acceptors (Lipinski definition) is 5. The van der Waals surface area contributed by atoms with Gasteiger partial charge in [-0.3, -0.25) is 0 Å². The van der Waals surface area contributed by atoms with Crippen LogP contribution in [0.5, 0.6) is 5.75 Å². The first-order valence-electron chi connectivity index (χ1n) is 7.57. The lowest BCUT2D eigenvalue weighted by atomic mass is 10.2. The largest absolute Gasteiger partial charge is 0.494 e. The first-order valence-corrected chi connectivity index (χ1v) is 7.57. The summed E-state index contributed by atoms with van der Waals surface area (Å²) >= 11 is 0. The van der Waals surface area contributed by atoms with E-state index in [-0.39, 0.29) is 6.04 Å². The summed E-state index contributed by atoms with van der Waals surface area (Å²) in [5.41, 5.74) is 6.86. The molecule has 2 rings (SSSR count). The molecule has 0 aliphatic heterocycles. The van der Waals surface area contributed by atoms with Crippen molar-refractivity contribution in [2.24, 2.45) is 5.73 Å². The van der Waals surface area contributed by atoms with Gasteiger partial charge in [0, 0.05) is 5.56 Å². The van der Waals surface area contributed by atoms with E-state index in [1.807, 2.05) is 24.3 Å². The van der Waals surface area contributed by atoms with E-state index in [0.717, 1.165) is 43.6 Å². The van der Waals surface area contributed by atoms with Gasteiger partial charge in [-0.15, -0.1) is 0 Å². The quantitative estimate of drug-likeness (QED) is 0.750. The third-order valence-corrected chi connectivity index (χ3v) is 3.24. The smallest absolute Gasteiger partial charge is 0.257 e. The summed E-state index contributed by atoms with van der Waals surface area (Å²) < 4.78 is 10.9. The highest BCUT2D eigenvalue weighted by Crippen LogP contribution is 2.23. The Labute approximate surface area is 125 Å². The first-order chi connectivity index (χ1) is 10.2. The maximum Gasteiger partial charge on any atom is 0.257 e. The lowest BCUT2D eigenvalue weighted by Crippen LogP contribution is -2.11. The van der Waals surface area contributed by atoms with Gasteiger partial charge in [0.25, 0.3) is 5.89 Å². The van der Waals surface area contributed by atoms with E-state index < -0.39 is 0 Å². The van der Waals surface area contributed by atoms with Crippen LogP contribution in [0.1, 0.15) is 51.4 Å². The van der Waals surface area contributed by atoms with Crippen molar-refractivity contribution in [3.63, 3.8) is 0 Å². The monoisotopic (exact) mass is 289 g/mol. The number of hydrogen-bond donors (Lipinski definition) is 1. The first kappa shape index (κ1) is 15.5. The molecule has 0 amide bonds. The summed E-state index contributed by atoms with van der Waals surface area (Å²) in [6.45, 7) is 4.97.